The lowest BCUT2D eigenvalue weighted by Gasteiger charge is -2.23. The third-order valence-electron chi connectivity index (χ3n) is 3.34. The Bertz CT molecular complexity index is 415. The summed E-state index contributed by atoms with van der Waals surface area (Å²) in [6.45, 7) is 7.02. The highest BCUT2D eigenvalue weighted by molar-refractivity contribution is 5.92. The van der Waals surface area contributed by atoms with E-state index < -0.39 is 0 Å². The molecule has 1 aliphatic heterocycles. The summed E-state index contributed by atoms with van der Waals surface area (Å²) in [6.07, 6.45) is 4.90. The summed E-state index contributed by atoms with van der Waals surface area (Å²) in [7, 11) is 0. The van der Waals surface area contributed by atoms with Gasteiger partial charge in [0.2, 0.25) is 0 Å². The molecule has 1 fully saturated rings. The second-order valence-corrected chi connectivity index (χ2v) is 5.57. The predicted molar refractivity (Wildman–Crippen MR) is 80.1 cm³/mol. The summed E-state index contributed by atoms with van der Waals surface area (Å²) >= 11 is 0. The van der Waals surface area contributed by atoms with Gasteiger partial charge in [-0.25, -0.2) is 0 Å². The number of carbonyl (C=O) groups is 1. The molecule has 1 saturated heterocycles. The molecular weight excluding hydrogens is 278 g/mol. The molecule has 0 radical (unpaired) electrons. The van der Waals surface area contributed by atoms with Crippen molar-refractivity contribution in [1.29, 1.82) is 0 Å². The van der Waals surface area contributed by atoms with Gasteiger partial charge in [-0.2, -0.15) is 0 Å². The summed E-state index contributed by atoms with van der Waals surface area (Å²) < 4.78 is 1.74. The first-order chi connectivity index (χ1) is 9.15. The van der Waals surface area contributed by atoms with Crippen LogP contribution in [0.3, 0.4) is 0 Å². The van der Waals surface area contributed by atoms with Gasteiger partial charge in [-0.05, 0) is 31.7 Å². The number of nitrogens with one attached hydrogen (secondary N) is 2. The van der Waals surface area contributed by atoms with Crippen molar-refractivity contribution < 1.29 is 4.79 Å². The van der Waals surface area contributed by atoms with Crippen LogP contribution in [0, 0.1) is 5.92 Å². The van der Waals surface area contributed by atoms with E-state index in [-0.39, 0.29) is 24.4 Å². The van der Waals surface area contributed by atoms with Crippen molar-refractivity contribution in [2.24, 2.45) is 5.92 Å². The summed E-state index contributed by atoms with van der Waals surface area (Å²) in [4.78, 5) is 12.0. The van der Waals surface area contributed by atoms with Crippen LogP contribution in [0.4, 0.5) is 0 Å². The van der Waals surface area contributed by atoms with E-state index in [1.54, 1.807) is 10.9 Å². The Morgan fingerprint density at radius 3 is 3.05 bits per heavy atom. The standard InChI is InChI=1S/C13H23N5O.ClH/c1-10(2)5-7-18-9-12(16-17-18)13(19)15-11-4-3-6-14-8-11;/h9-11,14H,3-8H2,1-2H3,(H,15,19);1H. The molecule has 1 aromatic rings. The minimum Gasteiger partial charge on any atom is -0.347 e. The first-order valence-corrected chi connectivity index (χ1v) is 7.07. The van der Waals surface area contributed by atoms with E-state index in [1.165, 1.54) is 0 Å². The van der Waals surface area contributed by atoms with E-state index in [9.17, 15) is 4.79 Å². The Morgan fingerprint density at radius 1 is 1.60 bits per heavy atom. The van der Waals surface area contributed by atoms with E-state index in [2.05, 4.69) is 34.8 Å². The highest BCUT2D eigenvalue weighted by Crippen LogP contribution is 2.04. The number of amides is 1. The molecule has 6 nitrogen and oxygen atoms in total. The number of aromatic nitrogens is 3. The number of halogens is 1. The van der Waals surface area contributed by atoms with E-state index >= 15 is 0 Å². The van der Waals surface area contributed by atoms with Crippen LogP contribution >= 0.6 is 12.4 Å². The molecule has 1 amide bonds. The quantitative estimate of drug-likeness (QED) is 0.858. The van der Waals surface area contributed by atoms with Gasteiger partial charge in [-0.15, -0.1) is 17.5 Å². The predicted octanol–water partition coefficient (Wildman–Crippen LogP) is 1.23. The fourth-order valence-corrected chi connectivity index (χ4v) is 2.14. The number of hydrogen-bond acceptors (Lipinski definition) is 4. The summed E-state index contributed by atoms with van der Waals surface area (Å²) in [5, 5.41) is 14.2. The molecule has 2 heterocycles. The van der Waals surface area contributed by atoms with Crippen LogP contribution in [0.5, 0.6) is 0 Å². The maximum absolute atomic E-state index is 12.0. The fourth-order valence-electron chi connectivity index (χ4n) is 2.14. The van der Waals surface area contributed by atoms with Gasteiger partial charge in [-0.3, -0.25) is 9.48 Å². The Kier molecular flexibility index (Phi) is 6.95. The lowest BCUT2D eigenvalue weighted by atomic mass is 10.1. The van der Waals surface area contributed by atoms with Crippen LogP contribution in [0.15, 0.2) is 6.20 Å². The van der Waals surface area contributed by atoms with Gasteiger partial charge in [0.05, 0.1) is 6.20 Å². The molecule has 1 aromatic heterocycles. The monoisotopic (exact) mass is 301 g/mol. The van der Waals surface area contributed by atoms with Gasteiger partial charge in [0.15, 0.2) is 5.69 Å². The van der Waals surface area contributed by atoms with E-state index in [4.69, 9.17) is 0 Å². The summed E-state index contributed by atoms with van der Waals surface area (Å²) in [6, 6.07) is 0.210. The first-order valence-electron chi connectivity index (χ1n) is 7.07. The van der Waals surface area contributed by atoms with Crippen LogP contribution in [-0.4, -0.2) is 40.0 Å². The molecule has 7 heteroatoms. The van der Waals surface area contributed by atoms with Crippen molar-refractivity contribution >= 4 is 18.3 Å². The maximum atomic E-state index is 12.0. The largest absolute Gasteiger partial charge is 0.347 e. The van der Waals surface area contributed by atoms with Crippen LogP contribution in [0.25, 0.3) is 0 Å². The molecular formula is C13H24ClN5O. The molecule has 0 aromatic carbocycles. The van der Waals surface area contributed by atoms with Gasteiger partial charge in [-0.1, -0.05) is 19.1 Å². The smallest absolute Gasteiger partial charge is 0.273 e. The van der Waals surface area contributed by atoms with Gasteiger partial charge >= 0.3 is 0 Å². The molecule has 1 aliphatic rings. The number of rotatable bonds is 5. The zero-order valence-electron chi connectivity index (χ0n) is 12.1. The third kappa shape index (κ3) is 5.09. The SMILES string of the molecule is CC(C)CCn1cc(C(=O)NC2CCCNC2)nn1.Cl. The highest BCUT2D eigenvalue weighted by atomic mass is 35.5. The second-order valence-electron chi connectivity index (χ2n) is 5.57. The lowest BCUT2D eigenvalue weighted by molar-refractivity contribution is 0.0925. The summed E-state index contributed by atoms with van der Waals surface area (Å²) in [5.74, 6) is 0.499. The molecule has 0 saturated carbocycles. The zero-order chi connectivity index (χ0) is 13.7. The van der Waals surface area contributed by atoms with Gasteiger partial charge in [0.1, 0.15) is 0 Å². The Hall–Kier alpha value is -1.14. The normalized spacial score (nSPS) is 18.6. The molecule has 2 N–H and O–H groups in total. The minimum atomic E-state index is -0.121. The highest BCUT2D eigenvalue weighted by Gasteiger charge is 2.18. The van der Waals surface area contributed by atoms with Crippen molar-refractivity contribution in [3.05, 3.63) is 11.9 Å². The number of hydrogen-bond donors (Lipinski definition) is 2. The number of piperidine rings is 1. The van der Waals surface area contributed by atoms with Crippen LogP contribution in [-0.2, 0) is 6.54 Å². The van der Waals surface area contributed by atoms with E-state index in [1.807, 2.05) is 0 Å². The molecule has 0 spiro atoms. The van der Waals surface area contributed by atoms with Crippen LogP contribution < -0.4 is 10.6 Å². The van der Waals surface area contributed by atoms with Gasteiger partial charge in [0.25, 0.3) is 5.91 Å². The Morgan fingerprint density at radius 2 is 2.40 bits per heavy atom. The molecule has 1 unspecified atom stereocenters. The molecule has 0 bridgehead atoms. The molecule has 20 heavy (non-hydrogen) atoms. The van der Waals surface area contributed by atoms with Gasteiger partial charge in [0, 0.05) is 19.1 Å². The van der Waals surface area contributed by atoms with Crippen molar-refractivity contribution in [3.63, 3.8) is 0 Å². The molecule has 1 atom stereocenters. The Balaban J connectivity index is 0.00000200. The average molecular weight is 302 g/mol. The fraction of sp³-hybridized carbons (Fsp3) is 0.769. The van der Waals surface area contributed by atoms with Crippen LogP contribution in [0.2, 0.25) is 0 Å². The third-order valence-corrected chi connectivity index (χ3v) is 3.34. The lowest BCUT2D eigenvalue weighted by Crippen LogP contribution is -2.45. The molecule has 114 valence electrons. The van der Waals surface area contributed by atoms with Crippen LogP contribution in [0.1, 0.15) is 43.6 Å². The van der Waals surface area contributed by atoms with Gasteiger partial charge < -0.3 is 10.6 Å². The van der Waals surface area contributed by atoms with E-state index in [0.29, 0.717) is 11.6 Å². The van der Waals surface area contributed by atoms with Crippen molar-refractivity contribution in [1.82, 2.24) is 25.6 Å². The first kappa shape index (κ1) is 16.9. The Labute approximate surface area is 126 Å². The average Bonchev–Trinajstić information content (AvgIpc) is 2.86. The van der Waals surface area contributed by atoms with Crippen molar-refractivity contribution in [2.45, 2.75) is 45.7 Å². The molecule has 0 aliphatic carbocycles. The second kappa shape index (κ2) is 8.21. The maximum Gasteiger partial charge on any atom is 0.273 e. The van der Waals surface area contributed by atoms with E-state index in [0.717, 1.165) is 38.9 Å². The minimum absolute atomic E-state index is 0. The molecule has 2 rings (SSSR count). The topological polar surface area (TPSA) is 71.8 Å². The number of carbonyl (C=O) groups excluding carboxylic acids is 1. The zero-order valence-corrected chi connectivity index (χ0v) is 12.9. The number of nitrogens with zero attached hydrogens (tertiary/aromatic N) is 3. The van der Waals surface area contributed by atoms with Crippen molar-refractivity contribution in [3.8, 4) is 0 Å². The summed E-state index contributed by atoms with van der Waals surface area (Å²) in [5.41, 5.74) is 0.411. The van der Waals surface area contributed by atoms with Crippen molar-refractivity contribution in [2.75, 3.05) is 13.1 Å². The number of aryl methyl sites for hydroxylation is 1.